The van der Waals surface area contributed by atoms with Crippen molar-refractivity contribution in [1.29, 1.82) is 0 Å². The lowest BCUT2D eigenvalue weighted by atomic mass is 9.80. The van der Waals surface area contributed by atoms with E-state index in [-0.39, 0.29) is 30.4 Å². The van der Waals surface area contributed by atoms with Crippen molar-refractivity contribution in [2.24, 2.45) is 12.5 Å². The average molecular weight is 485 g/mol. The number of likely N-dealkylation sites (N-methyl/N-ethyl adjacent to an activating group) is 1. The van der Waals surface area contributed by atoms with Crippen LogP contribution in [0.5, 0.6) is 0 Å². The fourth-order valence-corrected chi connectivity index (χ4v) is 4.11. The normalized spacial score (nSPS) is 13.5. The summed E-state index contributed by atoms with van der Waals surface area (Å²) in [4.78, 5) is 38.9. The smallest absolute Gasteiger partial charge is 0.331 e. The van der Waals surface area contributed by atoms with Gasteiger partial charge in [0.15, 0.2) is 0 Å². The predicted molar refractivity (Wildman–Crippen MR) is 141 cm³/mol. The molecule has 0 saturated heterocycles. The van der Waals surface area contributed by atoms with Crippen LogP contribution in [0.1, 0.15) is 53.5 Å². The van der Waals surface area contributed by atoms with Crippen LogP contribution in [-0.2, 0) is 26.8 Å². The van der Waals surface area contributed by atoms with Gasteiger partial charge >= 0.3 is 5.97 Å². The molecule has 1 aromatic heterocycles. The molecule has 2 amide bonds. The van der Waals surface area contributed by atoms with Crippen molar-refractivity contribution < 1.29 is 19.5 Å². The zero-order valence-corrected chi connectivity index (χ0v) is 22.4. The largest absolute Gasteiger partial charge is 0.478 e. The van der Waals surface area contributed by atoms with Crippen LogP contribution in [0.3, 0.4) is 0 Å². The monoisotopic (exact) mass is 484 g/mol. The zero-order valence-electron chi connectivity index (χ0n) is 22.4. The summed E-state index contributed by atoms with van der Waals surface area (Å²) in [7, 11) is 5.48. The molecule has 1 aromatic carbocycles. The molecule has 0 aliphatic carbocycles. The molecular formula is C27H40N4O4. The highest BCUT2D eigenvalue weighted by Gasteiger charge is 2.36. The molecule has 0 saturated carbocycles. The van der Waals surface area contributed by atoms with Crippen LogP contribution in [0, 0.1) is 5.41 Å². The van der Waals surface area contributed by atoms with Gasteiger partial charge in [-0.1, -0.05) is 46.8 Å². The number of nitrogens with zero attached hydrogens (tertiary/aromatic N) is 2. The van der Waals surface area contributed by atoms with Gasteiger partial charge in [-0.25, -0.2) is 4.79 Å². The van der Waals surface area contributed by atoms with E-state index in [1.807, 2.05) is 54.8 Å². The maximum absolute atomic E-state index is 13.2. The molecule has 2 aromatic rings. The molecule has 192 valence electrons. The lowest BCUT2D eigenvalue weighted by molar-refractivity contribution is -0.138. The fraction of sp³-hybridized carbons (Fsp3) is 0.519. The highest BCUT2D eigenvalue weighted by molar-refractivity contribution is 5.91. The van der Waals surface area contributed by atoms with Crippen LogP contribution >= 0.6 is 0 Å². The van der Waals surface area contributed by atoms with Crippen LogP contribution in [0.2, 0.25) is 0 Å². The van der Waals surface area contributed by atoms with Crippen LogP contribution in [0.25, 0.3) is 10.9 Å². The van der Waals surface area contributed by atoms with E-state index < -0.39 is 22.8 Å². The Morgan fingerprint density at radius 2 is 1.80 bits per heavy atom. The molecule has 2 rings (SSSR count). The summed E-state index contributed by atoms with van der Waals surface area (Å²) < 4.78 is 2.06. The summed E-state index contributed by atoms with van der Waals surface area (Å²) in [5.41, 5.74) is 2.33. The summed E-state index contributed by atoms with van der Waals surface area (Å²) >= 11 is 0. The Balaban J connectivity index is 2.23. The van der Waals surface area contributed by atoms with Gasteiger partial charge in [-0.15, -0.1) is 0 Å². The van der Waals surface area contributed by atoms with Gasteiger partial charge < -0.3 is 25.2 Å². The minimum absolute atomic E-state index is 0.148. The Labute approximate surface area is 208 Å². The molecule has 0 aliphatic heterocycles. The van der Waals surface area contributed by atoms with Crippen molar-refractivity contribution in [3.63, 3.8) is 0 Å². The molecule has 1 atom stereocenters. The van der Waals surface area contributed by atoms with Gasteiger partial charge in [0.05, 0.1) is 5.52 Å². The number of benzene rings is 1. The molecule has 1 unspecified atom stereocenters. The fourth-order valence-electron chi connectivity index (χ4n) is 4.11. The number of hydrogen-bond acceptors (Lipinski definition) is 4. The van der Waals surface area contributed by atoms with Crippen molar-refractivity contribution >= 4 is 34.4 Å². The Hall–Kier alpha value is -3.29. The molecule has 35 heavy (non-hydrogen) atoms. The summed E-state index contributed by atoms with van der Waals surface area (Å²) in [5, 5.41) is 16.3. The minimum atomic E-state index is -1.02. The third-order valence-corrected chi connectivity index (χ3v) is 6.41. The molecule has 1 heterocycles. The number of fused-ring (bicyclic) bond motifs is 1. The first kappa shape index (κ1) is 28.0. The molecule has 8 heteroatoms. The van der Waals surface area contributed by atoms with Crippen molar-refractivity contribution in [1.82, 2.24) is 14.8 Å². The maximum Gasteiger partial charge on any atom is 0.331 e. The Kier molecular flexibility index (Phi) is 8.42. The summed E-state index contributed by atoms with van der Waals surface area (Å²) in [5.74, 6) is -1.50. The number of hydrogen-bond donors (Lipinski definition) is 3. The zero-order chi connectivity index (χ0) is 26.7. The van der Waals surface area contributed by atoms with Crippen LogP contribution < -0.4 is 10.6 Å². The number of aromatic nitrogens is 1. The quantitative estimate of drug-likeness (QED) is 0.468. The lowest BCUT2D eigenvalue weighted by Crippen LogP contribution is -2.54. The lowest BCUT2D eigenvalue weighted by Gasteiger charge is -2.34. The van der Waals surface area contributed by atoms with E-state index in [2.05, 4.69) is 33.5 Å². The van der Waals surface area contributed by atoms with Crippen LogP contribution in [0.4, 0.5) is 5.69 Å². The summed E-state index contributed by atoms with van der Waals surface area (Å²) in [6.45, 7) is 11.4. The van der Waals surface area contributed by atoms with Gasteiger partial charge in [0.25, 0.3) is 0 Å². The predicted octanol–water partition coefficient (Wildman–Crippen LogP) is 3.91. The third-order valence-electron chi connectivity index (χ3n) is 6.41. The van der Waals surface area contributed by atoms with E-state index in [9.17, 15) is 14.4 Å². The maximum atomic E-state index is 13.2. The van der Waals surface area contributed by atoms with Crippen LogP contribution in [-0.4, -0.2) is 59.0 Å². The Bertz CT molecular complexity index is 1140. The number of rotatable bonds is 9. The van der Waals surface area contributed by atoms with Gasteiger partial charge in [-0.3, -0.25) is 9.59 Å². The molecular weight excluding hydrogens is 444 g/mol. The first-order valence-corrected chi connectivity index (χ1v) is 11.8. The van der Waals surface area contributed by atoms with Crippen molar-refractivity contribution in [2.45, 2.75) is 59.4 Å². The van der Waals surface area contributed by atoms with E-state index in [0.717, 1.165) is 22.2 Å². The van der Waals surface area contributed by atoms with Crippen molar-refractivity contribution in [3.8, 4) is 0 Å². The number of anilines is 1. The van der Waals surface area contributed by atoms with Crippen molar-refractivity contribution in [3.05, 3.63) is 41.6 Å². The first-order valence-electron chi connectivity index (χ1n) is 11.8. The van der Waals surface area contributed by atoms with Gasteiger partial charge in [-0.2, -0.15) is 0 Å². The number of aryl methyl sites for hydroxylation is 1. The molecule has 0 aliphatic rings. The summed E-state index contributed by atoms with van der Waals surface area (Å²) in [6.07, 6.45) is 3.76. The number of carbonyl (C=O) groups is 3. The molecule has 3 N–H and O–H groups in total. The average Bonchev–Trinajstić information content (AvgIpc) is 3.10. The Morgan fingerprint density at radius 1 is 1.17 bits per heavy atom. The van der Waals surface area contributed by atoms with E-state index in [1.54, 1.807) is 7.05 Å². The molecule has 0 radical (unpaired) electrons. The standard InChI is InChI=1S/C27H40N4O4/c1-17(25(34)35)12-13-30(8)24(33)23(26(2,3)4)29-22(32)15-27(5,6)20-16-31(9)21-14-18(28-7)10-11-19(20)21/h10-12,14,16,23,28H,13,15H2,1-9H3,(H,29,32)(H,34,35)/b17-12+. The van der Waals surface area contributed by atoms with Crippen molar-refractivity contribution in [2.75, 3.05) is 26.0 Å². The van der Waals surface area contributed by atoms with E-state index in [1.165, 1.54) is 17.9 Å². The highest BCUT2D eigenvalue weighted by atomic mass is 16.4. The second kappa shape index (κ2) is 10.5. The number of nitrogens with one attached hydrogen (secondary N) is 2. The Morgan fingerprint density at radius 3 is 2.34 bits per heavy atom. The third kappa shape index (κ3) is 6.65. The van der Waals surface area contributed by atoms with Crippen LogP contribution in [0.15, 0.2) is 36.0 Å². The number of aliphatic carboxylic acids is 1. The molecule has 0 fully saturated rings. The number of carboxylic acid groups (broad SMARTS) is 1. The number of carbonyl (C=O) groups excluding carboxylic acids is 2. The van der Waals surface area contributed by atoms with E-state index >= 15 is 0 Å². The van der Waals surface area contributed by atoms with E-state index in [4.69, 9.17) is 5.11 Å². The number of carboxylic acids is 1. The molecule has 8 nitrogen and oxygen atoms in total. The van der Waals surface area contributed by atoms with Gasteiger partial charge in [-0.05, 0) is 30.0 Å². The summed E-state index contributed by atoms with van der Waals surface area (Å²) in [6, 6.07) is 5.42. The molecule has 0 spiro atoms. The van der Waals surface area contributed by atoms with Gasteiger partial charge in [0.2, 0.25) is 11.8 Å². The van der Waals surface area contributed by atoms with E-state index in [0.29, 0.717) is 0 Å². The highest BCUT2D eigenvalue weighted by Crippen LogP contribution is 2.35. The topological polar surface area (TPSA) is 104 Å². The van der Waals surface area contributed by atoms with Gasteiger partial charge in [0.1, 0.15) is 6.04 Å². The van der Waals surface area contributed by atoms with Gasteiger partial charge in [0, 0.05) is 62.4 Å². The molecule has 0 bridgehead atoms. The first-order chi connectivity index (χ1) is 16.1. The minimum Gasteiger partial charge on any atom is -0.478 e. The second-order valence-corrected chi connectivity index (χ2v) is 11.0. The number of amides is 2. The SMILES string of the molecule is CNc1ccc2c(C(C)(C)CC(=O)NC(C(=O)N(C)C/C=C(\C)C(=O)O)C(C)(C)C)cn(C)c2c1. The second-order valence-electron chi connectivity index (χ2n) is 11.0.